The molecule has 1 saturated carbocycles. The third-order valence-electron chi connectivity index (χ3n) is 3.11. The second-order valence-electron chi connectivity index (χ2n) is 4.50. The van der Waals surface area contributed by atoms with Crippen LogP contribution in [0.15, 0.2) is 12.3 Å². The van der Waals surface area contributed by atoms with E-state index >= 15 is 0 Å². The lowest BCUT2D eigenvalue weighted by Gasteiger charge is -2.30. The SMILES string of the molecule is CC(CN)(Nc1ncc(Cl)cc1F)C1CC1. The molecule has 0 aromatic carbocycles. The topological polar surface area (TPSA) is 50.9 Å². The van der Waals surface area contributed by atoms with E-state index in [1.54, 1.807) is 0 Å². The van der Waals surface area contributed by atoms with Crippen LogP contribution in [0.5, 0.6) is 0 Å². The van der Waals surface area contributed by atoms with E-state index in [-0.39, 0.29) is 11.4 Å². The molecule has 88 valence electrons. The molecule has 1 unspecified atom stereocenters. The fourth-order valence-corrected chi connectivity index (χ4v) is 1.96. The van der Waals surface area contributed by atoms with Crippen LogP contribution in [0.1, 0.15) is 19.8 Å². The fraction of sp³-hybridized carbons (Fsp3) is 0.545. The highest BCUT2D eigenvalue weighted by molar-refractivity contribution is 6.30. The number of nitrogens with two attached hydrogens (primary N) is 1. The first-order chi connectivity index (χ1) is 7.55. The summed E-state index contributed by atoms with van der Waals surface area (Å²) >= 11 is 5.64. The van der Waals surface area contributed by atoms with Crippen LogP contribution in [0.3, 0.4) is 0 Å². The lowest BCUT2D eigenvalue weighted by molar-refractivity contribution is 0.453. The van der Waals surface area contributed by atoms with E-state index in [0.29, 0.717) is 17.5 Å². The van der Waals surface area contributed by atoms with Crippen LogP contribution < -0.4 is 11.1 Å². The van der Waals surface area contributed by atoms with Gasteiger partial charge in [0.25, 0.3) is 0 Å². The Morgan fingerprint density at radius 1 is 1.69 bits per heavy atom. The second-order valence-corrected chi connectivity index (χ2v) is 4.94. The minimum atomic E-state index is -0.437. The quantitative estimate of drug-likeness (QED) is 0.854. The summed E-state index contributed by atoms with van der Waals surface area (Å²) in [6.07, 6.45) is 3.70. The van der Waals surface area contributed by atoms with Gasteiger partial charge in [0.15, 0.2) is 11.6 Å². The first-order valence-corrected chi connectivity index (χ1v) is 5.72. The Hall–Kier alpha value is -0.870. The first kappa shape index (κ1) is 11.6. The monoisotopic (exact) mass is 243 g/mol. The summed E-state index contributed by atoms with van der Waals surface area (Å²) in [7, 11) is 0. The normalized spacial score (nSPS) is 19.2. The molecule has 0 bridgehead atoms. The summed E-state index contributed by atoms with van der Waals surface area (Å²) in [5.41, 5.74) is 5.46. The van der Waals surface area contributed by atoms with Gasteiger partial charge in [-0.15, -0.1) is 0 Å². The minimum absolute atomic E-state index is 0.226. The summed E-state index contributed by atoms with van der Waals surface area (Å²) in [6.45, 7) is 2.46. The third-order valence-corrected chi connectivity index (χ3v) is 3.32. The maximum Gasteiger partial charge on any atom is 0.166 e. The molecule has 3 N–H and O–H groups in total. The molecule has 0 radical (unpaired) electrons. The number of aromatic nitrogens is 1. The van der Waals surface area contributed by atoms with Crippen LogP contribution >= 0.6 is 11.6 Å². The largest absolute Gasteiger partial charge is 0.361 e. The van der Waals surface area contributed by atoms with Crippen molar-refractivity contribution in [1.82, 2.24) is 4.98 Å². The standard InChI is InChI=1S/C11H15ClFN3/c1-11(6-14,7-2-3-7)16-10-9(13)4-8(12)5-15-10/h4-5,7H,2-3,6,14H2,1H3,(H,15,16). The Morgan fingerprint density at radius 3 is 2.88 bits per heavy atom. The van der Waals surface area contributed by atoms with Gasteiger partial charge in [-0.25, -0.2) is 9.37 Å². The van der Waals surface area contributed by atoms with Gasteiger partial charge in [0, 0.05) is 12.7 Å². The molecule has 0 aliphatic heterocycles. The van der Waals surface area contributed by atoms with E-state index in [2.05, 4.69) is 10.3 Å². The minimum Gasteiger partial charge on any atom is -0.361 e. The second kappa shape index (κ2) is 4.18. The Kier molecular flexibility index (Phi) is 3.04. The maximum atomic E-state index is 13.6. The highest BCUT2D eigenvalue weighted by Gasteiger charge is 2.41. The van der Waals surface area contributed by atoms with Gasteiger partial charge < -0.3 is 11.1 Å². The molecule has 2 rings (SSSR count). The number of halogens is 2. The van der Waals surface area contributed by atoms with Gasteiger partial charge >= 0.3 is 0 Å². The van der Waals surface area contributed by atoms with Gasteiger partial charge in [0.05, 0.1) is 10.6 Å². The van der Waals surface area contributed by atoms with E-state index in [1.165, 1.54) is 12.3 Å². The predicted molar refractivity (Wildman–Crippen MR) is 63.0 cm³/mol. The van der Waals surface area contributed by atoms with Crippen molar-refractivity contribution in [3.05, 3.63) is 23.1 Å². The van der Waals surface area contributed by atoms with E-state index in [0.717, 1.165) is 12.8 Å². The van der Waals surface area contributed by atoms with E-state index in [9.17, 15) is 4.39 Å². The van der Waals surface area contributed by atoms with Crippen molar-refractivity contribution in [2.75, 3.05) is 11.9 Å². The zero-order valence-corrected chi connectivity index (χ0v) is 9.89. The molecule has 0 saturated heterocycles. The van der Waals surface area contributed by atoms with Gasteiger partial charge in [-0.2, -0.15) is 0 Å². The maximum absolute atomic E-state index is 13.6. The molecule has 5 heteroatoms. The number of pyridine rings is 1. The average Bonchev–Trinajstić information content (AvgIpc) is 3.06. The van der Waals surface area contributed by atoms with Crippen molar-refractivity contribution in [2.24, 2.45) is 11.7 Å². The summed E-state index contributed by atoms with van der Waals surface area (Å²) in [6, 6.07) is 1.25. The highest BCUT2D eigenvalue weighted by Crippen LogP contribution is 2.40. The molecule has 0 spiro atoms. The number of hydrogen-bond donors (Lipinski definition) is 2. The summed E-state index contributed by atoms with van der Waals surface area (Å²) in [4.78, 5) is 3.95. The predicted octanol–water partition coefficient (Wildman–Crippen LogP) is 2.41. The highest BCUT2D eigenvalue weighted by atomic mass is 35.5. The first-order valence-electron chi connectivity index (χ1n) is 5.34. The molecule has 16 heavy (non-hydrogen) atoms. The van der Waals surface area contributed by atoms with E-state index in [4.69, 9.17) is 17.3 Å². The molecule has 1 aromatic rings. The van der Waals surface area contributed by atoms with E-state index < -0.39 is 5.82 Å². The Bertz CT molecular complexity index is 395. The Balaban J connectivity index is 2.18. The zero-order chi connectivity index (χ0) is 11.8. The van der Waals surface area contributed by atoms with Crippen molar-refractivity contribution in [3.8, 4) is 0 Å². The molecular formula is C11H15ClFN3. The average molecular weight is 244 g/mol. The van der Waals surface area contributed by atoms with Crippen LogP contribution in [0, 0.1) is 11.7 Å². The van der Waals surface area contributed by atoms with Crippen molar-refractivity contribution >= 4 is 17.4 Å². The summed E-state index contributed by atoms with van der Waals surface area (Å²) < 4.78 is 13.6. The van der Waals surface area contributed by atoms with Gasteiger partial charge in [-0.05, 0) is 31.7 Å². The molecule has 1 aliphatic rings. The third kappa shape index (κ3) is 2.28. The van der Waals surface area contributed by atoms with Gasteiger partial charge in [-0.1, -0.05) is 11.6 Å². The molecule has 1 fully saturated rings. The Labute approximate surface area is 99.2 Å². The number of hydrogen-bond acceptors (Lipinski definition) is 3. The number of anilines is 1. The molecule has 1 aromatic heterocycles. The number of nitrogens with one attached hydrogen (secondary N) is 1. The van der Waals surface area contributed by atoms with E-state index in [1.807, 2.05) is 6.92 Å². The summed E-state index contributed by atoms with van der Waals surface area (Å²) in [5, 5.41) is 3.39. The molecular weight excluding hydrogens is 229 g/mol. The lowest BCUT2D eigenvalue weighted by atomic mass is 9.96. The van der Waals surface area contributed by atoms with Crippen LogP contribution in [0.25, 0.3) is 0 Å². The Morgan fingerprint density at radius 2 is 2.38 bits per heavy atom. The molecule has 3 nitrogen and oxygen atoms in total. The van der Waals surface area contributed by atoms with Crippen molar-refractivity contribution in [1.29, 1.82) is 0 Å². The van der Waals surface area contributed by atoms with Gasteiger partial charge in [-0.3, -0.25) is 0 Å². The molecule has 0 amide bonds. The van der Waals surface area contributed by atoms with Crippen LogP contribution in [0.4, 0.5) is 10.2 Å². The zero-order valence-electron chi connectivity index (χ0n) is 9.13. The van der Waals surface area contributed by atoms with Gasteiger partial charge in [0.1, 0.15) is 0 Å². The van der Waals surface area contributed by atoms with Crippen molar-refractivity contribution < 1.29 is 4.39 Å². The summed E-state index contributed by atoms with van der Waals surface area (Å²) in [5.74, 6) is 0.298. The molecule has 1 aliphatic carbocycles. The van der Waals surface area contributed by atoms with Crippen molar-refractivity contribution in [2.45, 2.75) is 25.3 Å². The molecule has 1 heterocycles. The van der Waals surface area contributed by atoms with Crippen LogP contribution in [-0.2, 0) is 0 Å². The number of rotatable bonds is 4. The van der Waals surface area contributed by atoms with Gasteiger partial charge in [0.2, 0.25) is 0 Å². The number of nitrogens with zero attached hydrogens (tertiary/aromatic N) is 1. The van der Waals surface area contributed by atoms with Crippen LogP contribution in [-0.4, -0.2) is 17.1 Å². The lowest BCUT2D eigenvalue weighted by Crippen LogP contribution is -2.45. The molecule has 1 atom stereocenters. The smallest absolute Gasteiger partial charge is 0.166 e. The van der Waals surface area contributed by atoms with Crippen molar-refractivity contribution in [3.63, 3.8) is 0 Å². The fourth-order valence-electron chi connectivity index (χ4n) is 1.82. The van der Waals surface area contributed by atoms with Crippen LogP contribution in [0.2, 0.25) is 5.02 Å².